The molecule has 1 saturated heterocycles. The predicted octanol–water partition coefficient (Wildman–Crippen LogP) is 0.820. The van der Waals surface area contributed by atoms with Crippen molar-refractivity contribution in [2.75, 3.05) is 45.2 Å². The molecule has 0 atom stereocenters. The number of rotatable bonds is 5. The molecular formula is C16H24N6O2. The van der Waals surface area contributed by atoms with E-state index in [-0.39, 0.29) is 11.8 Å². The molecule has 130 valence electrons. The molecule has 0 aliphatic carbocycles. The largest absolute Gasteiger partial charge is 0.356 e. The molecule has 0 bridgehead atoms. The number of likely N-dealkylation sites (N-methyl/N-ethyl adjacent to an activating group) is 1. The molecule has 8 nitrogen and oxygen atoms in total. The van der Waals surface area contributed by atoms with Crippen LogP contribution in [0.3, 0.4) is 0 Å². The average Bonchev–Trinajstić information content (AvgIpc) is 2.96. The van der Waals surface area contributed by atoms with Crippen LogP contribution >= 0.6 is 0 Å². The number of aromatic nitrogens is 3. The van der Waals surface area contributed by atoms with Gasteiger partial charge < -0.3 is 19.6 Å². The van der Waals surface area contributed by atoms with Gasteiger partial charge in [-0.2, -0.15) is 4.98 Å². The maximum absolute atomic E-state index is 12.2. The lowest BCUT2D eigenvalue weighted by molar-refractivity contribution is -0.125. The molecule has 1 aliphatic heterocycles. The van der Waals surface area contributed by atoms with Gasteiger partial charge in [0.05, 0.1) is 5.69 Å². The minimum absolute atomic E-state index is 0.0734. The zero-order valence-corrected chi connectivity index (χ0v) is 14.4. The third-order valence-corrected chi connectivity index (χ3v) is 4.45. The highest BCUT2D eigenvalue weighted by molar-refractivity contribution is 5.88. The Bertz CT molecular complexity index is 706. The number of fused-ring (bicyclic) bond motifs is 1. The summed E-state index contributed by atoms with van der Waals surface area (Å²) in [5.41, 5.74) is 1.31. The van der Waals surface area contributed by atoms with Crippen LogP contribution < -0.4 is 10.2 Å². The summed E-state index contributed by atoms with van der Waals surface area (Å²) >= 11 is 0. The average molecular weight is 332 g/mol. The molecule has 1 amide bonds. The fourth-order valence-corrected chi connectivity index (χ4v) is 3.04. The van der Waals surface area contributed by atoms with Crippen LogP contribution in [-0.2, 0) is 4.79 Å². The Hall–Kier alpha value is -2.22. The monoisotopic (exact) mass is 332 g/mol. The van der Waals surface area contributed by atoms with E-state index in [9.17, 15) is 4.79 Å². The van der Waals surface area contributed by atoms with Crippen molar-refractivity contribution in [2.45, 2.75) is 19.8 Å². The van der Waals surface area contributed by atoms with Crippen LogP contribution in [0.4, 0.5) is 5.82 Å². The molecule has 0 spiro atoms. The van der Waals surface area contributed by atoms with Gasteiger partial charge in [-0.3, -0.25) is 4.79 Å². The third kappa shape index (κ3) is 3.48. The fourth-order valence-electron chi connectivity index (χ4n) is 3.04. The molecule has 1 fully saturated rings. The van der Waals surface area contributed by atoms with Gasteiger partial charge >= 0.3 is 0 Å². The van der Waals surface area contributed by atoms with E-state index in [4.69, 9.17) is 4.52 Å². The van der Waals surface area contributed by atoms with Crippen molar-refractivity contribution < 1.29 is 9.32 Å². The van der Waals surface area contributed by atoms with Crippen molar-refractivity contribution in [3.8, 4) is 0 Å². The summed E-state index contributed by atoms with van der Waals surface area (Å²) in [6.07, 6.45) is 3.15. The number of carbonyl (C=O) groups excluding carboxylic acids is 1. The van der Waals surface area contributed by atoms with Crippen molar-refractivity contribution in [3.63, 3.8) is 0 Å². The zero-order chi connectivity index (χ0) is 17.1. The number of carbonyl (C=O) groups is 1. The van der Waals surface area contributed by atoms with Crippen LogP contribution in [0.1, 0.15) is 18.5 Å². The highest BCUT2D eigenvalue weighted by atomic mass is 16.5. The Morgan fingerprint density at radius 3 is 2.83 bits per heavy atom. The lowest BCUT2D eigenvalue weighted by atomic mass is 9.95. The summed E-state index contributed by atoms with van der Waals surface area (Å²) in [5.74, 6) is 1.08. The van der Waals surface area contributed by atoms with E-state index < -0.39 is 0 Å². The van der Waals surface area contributed by atoms with Gasteiger partial charge in [-0.15, -0.1) is 0 Å². The Morgan fingerprint density at radius 1 is 1.38 bits per heavy atom. The van der Waals surface area contributed by atoms with Gasteiger partial charge in [-0.25, -0.2) is 4.98 Å². The zero-order valence-electron chi connectivity index (χ0n) is 14.4. The SMILES string of the molecule is Cc1noc2ncnc(N3CCC(C(=O)NCCN(C)C)CC3)c12. The molecule has 3 heterocycles. The van der Waals surface area contributed by atoms with Crippen LogP contribution in [0.2, 0.25) is 0 Å². The van der Waals surface area contributed by atoms with Gasteiger partial charge in [0.25, 0.3) is 5.71 Å². The van der Waals surface area contributed by atoms with E-state index >= 15 is 0 Å². The van der Waals surface area contributed by atoms with Crippen LogP contribution in [-0.4, -0.2) is 66.2 Å². The molecular weight excluding hydrogens is 308 g/mol. The van der Waals surface area contributed by atoms with Crippen LogP contribution in [0, 0.1) is 12.8 Å². The van der Waals surface area contributed by atoms with Gasteiger partial charge in [-0.05, 0) is 33.9 Å². The molecule has 0 saturated carbocycles. The van der Waals surface area contributed by atoms with Gasteiger partial charge in [0.2, 0.25) is 5.91 Å². The highest BCUT2D eigenvalue weighted by Gasteiger charge is 2.27. The van der Waals surface area contributed by atoms with Gasteiger partial charge in [0, 0.05) is 32.1 Å². The van der Waals surface area contributed by atoms with Gasteiger partial charge in [0.15, 0.2) is 0 Å². The van der Waals surface area contributed by atoms with Gasteiger partial charge in [0.1, 0.15) is 17.5 Å². The number of aryl methyl sites for hydroxylation is 1. The van der Waals surface area contributed by atoms with E-state index in [1.54, 1.807) is 0 Å². The minimum Gasteiger partial charge on any atom is -0.356 e. The standard InChI is InChI=1S/C16H24N6O2/c1-11-13-14(18-10-19-16(13)24-20-11)22-7-4-12(5-8-22)15(23)17-6-9-21(2)3/h10,12H,4-9H2,1-3H3,(H,17,23). The molecule has 0 unspecified atom stereocenters. The number of nitrogens with zero attached hydrogens (tertiary/aromatic N) is 5. The summed E-state index contributed by atoms with van der Waals surface area (Å²) < 4.78 is 5.21. The van der Waals surface area contributed by atoms with Crippen LogP contribution in [0.5, 0.6) is 0 Å². The first-order valence-corrected chi connectivity index (χ1v) is 8.30. The quantitative estimate of drug-likeness (QED) is 0.867. The van der Waals surface area contributed by atoms with Gasteiger partial charge in [-0.1, -0.05) is 5.16 Å². The Labute approximate surface area is 141 Å². The number of amides is 1. The smallest absolute Gasteiger partial charge is 0.263 e. The molecule has 24 heavy (non-hydrogen) atoms. The molecule has 1 N–H and O–H groups in total. The second-order valence-corrected chi connectivity index (χ2v) is 6.50. The summed E-state index contributed by atoms with van der Waals surface area (Å²) in [6, 6.07) is 0. The van der Waals surface area contributed by atoms with Crippen molar-refractivity contribution in [1.29, 1.82) is 0 Å². The first kappa shape index (κ1) is 16.6. The van der Waals surface area contributed by atoms with Crippen LogP contribution in [0.15, 0.2) is 10.9 Å². The van der Waals surface area contributed by atoms with E-state index in [1.807, 2.05) is 21.0 Å². The van der Waals surface area contributed by atoms with E-state index in [1.165, 1.54) is 6.33 Å². The van der Waals surface area contributed by atoms with Crippen molar-refractivity contribution in [3.05, 3.63) is 12.0 Å². The maximum atomic E-state index is 12.2. The molecule has 0 radical (unpaired) electrons. The second-order valence-electron chi connectivity index (χ2n) is 6.50. The normalized spacial score (nSPS) is 16.1. The minimum atomic E-state index is 0.0734. The highest BCUT2D eigenvalue weighted by Crippen LogP contribution is 2.29. The van der Waals surface area contributed by atoms with Crippen LogP contribution in [0.25, 0.3) is 11.1 Å². The number of hydrogen-bond acceptors (Lipinski definition) is 7. The predicted molar refractivity (Wildman–Crippen MR) is 90.8 cm³/mol. The lowest BCUT2D eigenvalue weighted by Crippen LogP contribution is -2.42. The number of piperidine rings is 1. The third-order valence-electron chi connectivity index (χ3n) is 4.45. The Balaban J connectivity index is 1.60. The first-order valence-electron chi connectivity index (χ1n) is 8.30. The molecule has 0 aromatic carbocycles. The Kier molecular flexibility index (Phi) is 4.94. The Morgan fingerprint density at radius 2 is 2.12 bits per heavy atom. The summed E-state index contributed by atoms with van der Waals surface area (Å²) in [5, 5.41) is 7.86. The fraction of sp³-hybridized carbons (Fsp3) is 0.625. The second kappa shape index (κ2) is 7.12. The maximum Gasteiger partial charge on any atom is 0.263 e. The molecule has 2 aromatic heterocycles. The summed E-state index contributed by atoms with van der Waals surface area (Å²) in [7, 11) is 4.00. The molecule has 1 aliphatic rings. The first-order chi connectivity index (χ1) is 11.6. The molecule has 8 heteroatoms. The van der Waals surface area contributed by atoms with Crippen molar-refractivity contribution in [2.24, 2.45) is 5.92 Å². The van der Waals surface area contributed by atoms with E-state index in [0.717, 1.165) is 49.4 Å². The summed E-state index contributed by atoms with van der Waals surface area (Å²) in [6.45, 7) is 5.03. The van der Waals surface area contributed by atoms with Crippen molar-refractivity contribution >= 4 is 22.8 Å². The lowest BCUT2D eigenvalue weighted by Gasteiger charge is -2.32. The number of nitrogens with one attached hydrogen (secondary N) is 1. The van der Waals surface area contributed by atoms with Crippen molar-refractivity contribution in [1.82, 2.24) is 25.3 Å². The molecule has 3 rings (SSSR count). The number of anilines is 1. The number of hydrogen-bond donors (Lipinski definition) is 1. The van der Waals surface area contributed by atoms with E-state index in [2.05, 4.69) is 30.2 Å². The van der Waals surface area contributed by atoms with E-state index in [0.29, 0.717) is 12.3 Å². The molecule has 2 aromatic rings. The topological polar surface area (TPSA) is 87.4 Å². The summed E-state index contributed by atoms with van der Waals surface area (Å²) in [4.78, 5) is 25.0.